The van der Waals surface area contributed by atoms with E-state index >= 15 is 0 Å². The van der Waals surface area contributed by atoms with Crippen LogP contribution in [0.2, 0.25) is 0 Å². The number of esters is 1. The lowest BCUT2D eigenvalue weighted by atomic mass is 10.0. The van der Waals surface area contributed by atoms with Crippen LogP contribution in [0.1, 0.15) is 6.42 Å². The van der Waals surface area contributed by atoms with Crippen LogP contribution in [0.15, 0.2) is 0 Å². The highest BCUT2D eigenvalue weighted by molar-refractivity contribution is 5.69. The van der Waals surface area contributed by atoms with Crippen LogP contribution in [0.3, 0.4) is 0 Å². The van der Waals surface area contributed by atoms with Gasteiger partial charge in [0.05, 0.1) is 13.5 Å². The minimum atomic E-state index is -0.172. The molecule has 0 aromatic rings. The second-order valence-corrected chi connectivity index (χ2v) is 2.86. The van der Waals surface area contributed by atoms with E-state index in [2.05, 4.69) is 10.1 Å². The van der Waals surface area contributed by atoms with Gasteiger partial charge in [0.1, 0.15) is 0 Å². The highest BCUT2D eigenvalue weighted by Gasteiger charge is 2.25. The quantitative estimate of drug-likeness (QED) is 0.511. The predicted molar refractivity (Wildman–Crippen MR) is 41.0 cm³/mol. The molecule has 64 valence electrons. The molecule has 1 saturated heterocycles. The van der Waals surface area contributed by atoms with Gasteiger partial charge in [0.15, 0.2) is 0 Å². The van der Waals surface area contributed by atoms with Crippen molar-refractivity contribution in [1.82, 2.24) is 5.32 Å². The zero-order valence-corrected chi connectivity index (χ0v) is 6.67. The van der Waals surface area contributed by atoms with Gasteiger partial charge in [-0.2, -0.15) is 0 Å². The minimum absolute atomic E-state index is 0.106. The average molecular weight is 158 g/mol. The average Bonchev–Trinajstić information content (AvgIpc) is 2.37. The molecule has 4 nitrogen and oxygen atoms in total. The van der Waals surface area contributed by atoms with E-state index in [-0.39, 0.29) is 17.9 Å². The van der Waals surface area contributed by atoms with Gasteiger partial charge in [0.2, 0.25) is 0 Å². The third-order valence-corrected chi connectivity index (χ3v) is 2.05. The molecule has 1 rings (SSSR count). The molecule has 4 heteroatoms. The number of nitrogens with one attached hydrogen (secondary N) is 1. The third-order valence-electron chi connectivity index (χ3n) is 2.05. The fourth-order valence-electron chi connectivity index (χ4n) is 1.27. The molecule has 1 aliphatic heterocycles. The molecule has 0 saturated carbocycles. The molecule has 1 fully saturated rings. The highest BCUT2D eigenvalue weighted by atomic mass is 16.5. The number of carbonyl (C=O) groups excluding carboxylic acids is 1. The lowest BCUT2D eigenvalue weighted by Gasteiger charge is -2.11. The summed E-state index contributed by atoms with van der Waals surface area (Å²) in [6.07, 6.45) is 0.435. The van der Waals surface area contributed by atoms with E-state index in [1.165, 1.54) is 7.11 Å². The third kappa shape index (κ3) is 2.17. The van der Waals surface area contributed by atoms with Crippen molar-refractivity contribution in [1.29, 1.82) is 0 Å². The molecule has 0 aliphatic carbocycles. The van der Waals surface area contributed by atoms with Crippen molar-refractivity contribution in [3.05, 3.63) is 0 Å². The molecule has 3 N–H and O–H groups in total. The highest BCUT2D eigenvalue weighted by Crippen LogP contribution is 2.11. The van der Waals surface area contributed by atoms with Crippen molar-refractivity contribution < 1.29 is 9.53 Å². The first-order valence-electron chi connectivity index (χ1n) is 3.77. The van der Waals surface area contributed by atoms with Crippen LogP contribution in [0, 0.1) is 5.92 Å². The summed E-state index contributed by atoms with van der Waals surface area (Å²) in [5, 5.41) is 3.12. The fraction of sp³-hybridized carbons (Fsp3) is 0.857. The number of ether oxygens (including phenoxy) is 1. The Morgan fingerprint density at radius 2 is 2.45 bits per heavy atom. The molecule has 0 amide bonds. The van der Waals surface area contributed by atoms with Gasteiger partial charge >= 0.3 is 5.97 Å². The first-order valence-corrected chi connectivity index (χ1v) is 3.77. The zero-order valence-electron chi connectivity index (χ0n) is 6.67. The Morgan fingerprint density at radius 3 is 2.91 bits per heavy atom. The van der Waals surface area contributed by atoms with Gasteiger partial charge in [-0.05, 0) is 5.92 Å². The Morgan fingerprint density at radius 1 is 1.73 bits per heavy atom. The summed E-state index contributed by atoms with van der Waals surface area (Å²) >= 11 is 0. The largest absolute Gasteiger partial charge is 0.469 e. The second kappa shape index (κ2) is 3.69. The SMILES string of the molecule is COC(=O)CC1CNCC1N. The van der Waals surface area contributed by atoms with E-state index in [4.69, 9.17) is 5.73 Å². The van der Waals surface area contributed by atoms with E-state index < -0.39 is 0 Å². The van der Waals surface area contributed by atoms with Crippen LogP contribution >= 0.6 is 0 Å². The molecule has 0 radical (unpaired) electrons. The molecule has 1 aliphatic rings. The Balaban J connectivity index is 2.30. The summed E-state index contributed by atoms with van der Waals surface area (Å²) in [7, 11) is 1.40. The molecule has 0 aromatic carbocycles. The maximum Gasteiger partial charge on any atom is 0.305 e. The van der Waals surface area contributed by atoms with Crippen molar-refractivity contribution in [3.8, 4) is 0 Å². The van der Waals surface area contributed by atoms with Gasteiger partial charge in [-0.15, -0.1) is 0 Å². The smallest absolute Gasteiger partial charge is 0.305 e. The van der Waals surface area contributed by atoms with Gasteiger partial charge in [-0.25, -0.2) is 0 Å². The van der Waals surface area contributed by atoms with E-state index in [1.54, 1.807) is 0 Å². The van der Waals surface area contributed by atoms with Crippen LogP contribution in [0.25, 0.3) is 0 Å². The van der Waals surface area contributed by atoms with E-state index in [9.17, 15) is 4.79 Å². The van der Waals surface area contributed by atoms with Gasteiger partial charge in [-0.1, -0.05) is 0 Å². The maximum absolute atomic E-state index is 10.8. The van der Waals surface area contributed by atoms with Crippen LogP contribution in [-0.4, -0.2) is 32.2 Å². The Kier molecular flexibility index (Phi) is 2.84. The van der Waals surface area contributed by atoms with Crippen molar-refractivity contribution in [2.24, 2.45) is 11.7 Å². The van der Waals surface area contributed by atoms with Gasteiger partial charge in [0.25, 0.3) is 0 Å². The Labute approximate surface area is 66.1 Å². The van der Waals surface area contributed by atoms with Crippen LogP contribution in [-0.2, 0) is 9.53 Å². The minimum Gasteiger partial charge on any atom is -0.469 e. The molecule has 2 unspecified atom stereocenters. The number of carbonyl (C=O) groups is 1. The molecule has 0 bridgehead atoms. The molecule has 2 atom stereocenters. The van der Waals surface area contributed by atoms with Gasteiger partial charge in [0, 0.05) is 19.1 Å². The zero-order chi connectivity index (χ0) is 8.27. The van der Waals surface area contributed by atoms with Crippen molar-refractivity contribution in [2.75, 3.05) is 20.2 Å². The summed E-state index contributed by atoms with van der Waals surface area (Å²) in [5.74, 6) is 0.0802. The van der Waals surface area contributed by atoms with Crippen molar-refractivity contribution in [2.45, 2.75) is 12.5 Å². The Bertz CT molecular complexity index is 149. The lowest BCUT2D eigenvalue weighted by Crippen LogP contribution is -2.30. The van der Waals surface area contributed by atoms with Gasteiger partial charge in [-0.3, -0.25) is 4.79 Å². The number of methoxy groups -OCH3 is 1. The van der Waals surface area contributed by atoms with Crippen LogP contribution in [0.5, 0.6) is 0 Å². The molecular weight excluding hydrogens is 144 g/mol. The standard InChI is InChI=1S/C7H14N2O2/c1-11-7(10)2-5-3-9-4-6(5)8/h5-6,9H,2-4,8H2,1H3. The summed E-state index contributed by atoms with van der Waals surface area (Å²) in [6, 6.07) is 0.106. The topological polar surface area (TPSA) is 64.3 Å². The molecule has 11 heavy (non-hydrogen) atoms. The molecule has 1 heterocycles. The van der Waals surface area contributed by atoms with Crippen LogP contribution < -0.4 is 11.1 Å². The summed E-state index contributed by atoms with van der Waals surface area (Å²) < 4.78 is 4.54. The normalized spacial score (nSPS) is 30.4. The fourth-order valence-corrected chi connectivity index (χ4v) is 1.27. The predicted octanol–water partition coefficient (Wildman–Crippen LogP) is -0.904. The van der Waals surface area contributed by atoms with Crippen molar-refractivity contribution in [3.63, 3.8) is 0 Å². The lowest BCUT2D eigenvalue weighted by molar-refractivity contribution is -0.141. The number of hydrogen-bond acceptors (Lipinski definition) is 4. The first kappa shape index (κ1) is 8.49. The molecule has 0 spiro atoms. The second-order valence-electron chi connectivity index (χ2n) is 2.86. The van der Waals surface area contributed by atoms with Crippen molar-refractivity contribution >= 4 is 5.97 Å². The van der Waals surface area contributed by atoms with E-state index in [1.807, 2.05) is 0 Å². The summed E-state index contributed by atoms with van der Waals surface area (Å²) in [6.45, 7) is 1.64. The monoisotopic (exact) mass is 158 g/mol. The summed E-state index contributed by atoms with van der Waals surface area (Å²) in [5.41, 5.74) is 5.71. The van der Waals surface area contributed by atoms with Crippen LogP contribution in [0.4, 0.5) is 0 Å². The summed E-state index contributed by atoms with van der Waals surface area (Å²) in [4.78, 5) is 10.8. The van der Waals surface area contributed by atoms with E-state index in [0.29, 0.717) is 6.42 Å². The number of rotatable bonds is 2. The number of hydrogen-bond donors (Lipinski definition) is 2. The van der Waals surface area contributed by atoms with E-state index in [0.717, 1.165) is 13.1 Å². The maximum atomic E-state index is 10.8. The molecule has 0 aromatic heterocycles. The first-order chi connectivity index (χ1) is 5.24. The van der Waals surface area contributed by atoms with Gasteiger partial charge < -0.3 is 15.8 Å². The molecular formula is C7H14N2O2. The Hall–Kier alpha value is -0.610. The number of nitrogens with two attached hydrogens (primary N) is 1.